The topological polar surface area (TPSA) is 47.0 Å². The van der Waals surface area contributed by atoms with Crippen LogP contribution < -0.4 is 0 Å². The molecule has 0 saturated carbocycles. The maximum atomic E-state index is 11.7. The molecule has 3 saturated heterocycles. The molecular formula is C14H25N3O2. The third-order valence-corrected chi connectivity index (χ3v) is 5.09. The van der Waals surface area contributed by atoms with E-state index in [2.05, 4.69) is 23.6 Å². The van der Waals surface area contributed by atoms with Crippen molar-refractivity contribution >= 4 is 5.91 Å². The van der Waals surface area contributed by atoms with Crippen molar-refractivity contribution in [2.45, 2.75) is 50.9 Å². The van der Waals surface area contributed by atoms with Gasteiger partial charge in [0.2, 0.25) is 5.91 Å². The van der Waals surface area contributed by atoms with Gasteiger partial charge in [0.25, 0.3) is 0 Å². The van der Waals surface area contributed by atoms with Crippen molar-refractivity contribution in [3.8, 4) is 0 Å². The van der Waals surface area contributed by atoms with Gasteiger partial charge in [-0.05, 0) is 20.3 Å². The largest absolute Gasteiger partial charge is 0.392 e. The molecule has 5 heteroatoms. The molecule has 0 unspecified atom stereocenters. The molecule has 2 atom stereocenters. The summed E-state index contributed by atoms with van der Waals surface area (Å²) in [6.45, 7) is 10.5. The summed E-state index contributed by atoms with van der Waals surface area (Å²) in [6.07, 6.45) is 0.592. The fraction of sp³-hybridized carbons (Fsp3) is 0.929. The zero-order valence-electron chi connectivity index (χ0n) is 12.2. The summed E-state index contributed by atoms with van der Waals surface area (Å²) in [6, 6.07) is 0.909. The number of piperazine rings is 1. The Balaban J connectivity index is 1.79. The van der Waals surface area contributed by atoms with Crippen molar-refractivity contribution < 1.29 is 9.90 Å². The first-order valence-electron chi connectivity index (χ1n) is 7.36. The molecule has 0 aromatic heterocycles. The number of likely N-dealkylation sites (tertiary alicyclic amines) is 1. The Morgan fingerprint density at radius 3 is 2.53 bits per heavy atom. The van der Waals surface area contributed by atoms with E-state index in [0.29, 0.717) is 12.1 Å². The van der Waals surface area contributed by atoms with Gasteiger partial charge in [-0.1, -0.05) is 0 Å². The number of amides is 1. The third-order valence-electron chi connectivity index (χ3n) is 5.09. The quantitative estimate of drug-likeness (QED) is 0.711. The molecule has 0 radical (unpaired) electrons. The van der Waals surface area contributed by atoms with E-state index < -0.39 is 0 Å². The van der Waals surface area contributed by atoms with Crippen molar-refractivity contribution in [2.24, 2.45) is 0 Å². The van der Waals surface area contributed by atoms with Crippen LogP contribution in [0.5, 0.6) is 0 Å². The second-order valence-electron chi connectivity index (χ2n) is 6.82. The highest BCUT2D eigenvalue weighted by molar-refractivity contribution is 5.73. The molecule has 0 aliphatic carbocycles. The number of hydrogen-bond donors (Lipinski definition) is 1. The number of hydrogen-bond acceptors (Lipinski definition) is 4. The monoisotopic (exact) mass is 267 g/mol. The highest BCUT2D eigenvalue weighted by Crippen LogP contribution is 2.39. The van der Waals surface area contributed by atoms with E-state index in [-0.39, 0.29) is 17.6 Å². The summed E-state index contributed by atoms with van der Waals surface area (Å²) in [7, 11) is 0. The summed E-state index contributed by atoms with van der Waals surface area (Å²) in [5, 5.41) is 9.95. The number of aliphatic hydroxyl groups is 1. The Labute approximate surface area is 115 Å². The fourth-order valence-corrected chi connectivity index (χ4v) is 4.01. The van der Waals surface area contributed by atoms with Crippen molar-refractivity contribution in [3.05, 3.63) is 0 Å². The van der Waals surface area contributed by atoms with Crippen LogP contribution in [0, 0.1) is 0 Å². The number of carbonyl (C=O) groups excluding carboxylic acids is 1. The first kappa shape index (κ1) is 13.3. The van der Waals surface area contributed by atoms with Crippen LogP contribution >= 0.6 is 0 Å². The minimum atomic E-state index is -0.220. The van der Waals surface area contributed by atoms with E-state index >= 15 is 0 Å². The van der Waals surface area contributed by atoms with Gasteiger partial charge in [0, 0.05) is 51.7 Å². The summed E-state index contributed by atoms with van der Waals surface area (Å²) < 4.78 is 0. The van der Waals surface area contributed by atoms with Crippen molar-refractivity contribution in [2.75, 3.05) is 32.7 Å². The van der Waals surface area contributed by atoms with Gasteiger partial charge in [-0.3, -0.25) is 14.6 Å². The molecule has 3 fully saturated rings. The highest BCUT2D eigenvalue weighted by Gasteiger charge is 2.56. The standard InChI is InChI=1S/C14H25N3O2/c1-10(2)16-8-14(9-16)7-15(11(3)18)5-12-4-13(19)6-17(12)14/h10,12-13,19H,4-9H2,1-3H3/t12-,13+/m0/s1. The minimum Gasteiger partial charge on any atom is -0.392 e. The summed E-state index contributed by atoms with van der Waals surface area (Å²) in [5.74, 6) is 0.170. The second-order valence-corrected chi connectivity index (χ2v) is 6.82. The molecule has 108 valence electrons. The van der Waals surface area contributed by atoms with Gasteiger partial charge in [0.15, 0.2) is 0 Å². The third kappa shape index (κ3) is 2.08. The van der Waals surface area contributed by atoms with Crippen LogP contribution in [0.25, 0.3) is 0 Å². The van der Waals surface area contributed by atoms with Crippen LogP contribution in [0.3, 0.4) is 0 Å². The van der Waals surface area contributed by atoms with Gasteiger partial charge in [0.05, 0.1) is 11.6 Å². The Kier molecular flexibility index (Phi) is 3.11. The fourth-order valence-electron chi connectivity index (χ4n) is 4.01. The molecule has 3 aliphatic heterocycles. The van der Waals surface area contributed by atoms with Crippen molar-refractivity contribution in [1.82, 2.24) is 14.7 Å². The molecular weight excluding hydrogens is 242 g/mol. The Morgan fingerprint density at radius 1 is 1.26 bits per heavy atom. The maximum Gasteiger partial charge on any atom is 0.219 e. The minimum absolute atomic E-state index is 0.0936. The zero-order chi connectivity index (χ0) is 13.8. The van der Waals surface area contributed by atoms with E-state index in [1.165, 1.54) is 0 Å². The van der Waals surface area contributed by atoms with Crippen molar-refractivity contribution in [3.63, 3.8) is 0 Å². The Hall–Kier alpha value is -0.650. The Morgan fingerprint density at radius 2 is 1.95 bits per heavy atom. The van der Waals surface area contributed by atoms with Crippen LogP contribution in [0.4, 0.5) is 0 Å². The molecule has 19 heavy (non-hydrogen) atoms. The lowest BCUT2D eigenvalue weighted by Gasteiger charge is -2.62. The molecule has 3 heterocycles. The SMILES string of the molecule is CC(=O)N1C[C@@H]2C[C@@H](O)CN2C2(C1)CN(C(C)C)C2. The summed E-state index contributed by atoms with van der Waals surface area (Å²) in [4.78, 5) is 18.7. The van der Waals surface area contributed by atoms with Gasteiger partial charge in [-0.2, -0.15) is 0 Å². The highest BCUT2D eigenvalue weighted by atomic mass is 16.3. The molecule has 5 nitrogen and oxygen atoms in total. The van der Waals surface area contributed by atoms with Gasteiger partial charge < -0.3 is 10.0 Å². The number of carbonyl (C=O) groups is 1. The van der Waals surface area contributed by atoms with Gasteiger partial charge in [-0.15, -0.1) is 0 Å². The molecule has 0 bridgehead atoms. The average molecular weight is 267 g/mol. The molecule has 1 spiro atoms. The van der Waals surface area contributed by atoms with E-state index in [9.17, 15) is 9.90 Å². The van der Waals surface area contributed by atoms with E-state index in [4.69, 9.17) is 0 Å². The van der Waals surface area contributed by atoms with Gasteiger partial charge in [-0.25, -0.2) is 0 Å². The molecule has 1 amide bonds. The predicted molar refractivity (Wildman–Crippen MR) is 72.8 cm³/mol. The van der Waals surface area contributed by atoms with Gasteiger partial charge in [0.1, 0.15) is 0 Å². The number of nitrogens with zero attached hydrogens (tertiary/aromatic N) is 3. The summed E-state index contributed by atoms with van der Waals surface area (Å²) in [5.41, 5.74) is 0.0936. The zero-order valence-corrected chi connectivity index (χ0v) is 12.2. The normalized spacial score (nSPS) is 34.7. The molecule has 0 aromatic rings. The Bertz CT molecular complexity index is 379. The molecule has 3 aliphatic rings. The lowest BCUT2D eigenvalue weighted by Crippen LogP contribution is -2.79. The predicted octanol–water partition coefficient (Wildman–Crippen LogP) is -0.253. The molecule has 0 aromatic carbocycles. The van der Waals surface area contributed by atoms with Crippen LogP contribution in [0.1, 0.15) is 27.2 Å². The summed E-state index contributed by atoms with van der Waals surface area (Å²) >= 11 is 0. The smallest absolute Gasteiger partial charge is 0.219 e. The van der Waals surface area contributed by atoms with Crippen molar-refractivity contribution in [1.29, 1.82) is 0 Å². The molecule has 3 rings (SSSR count). The van der Waals surface area contributed by atoms with Crippen LogP contribution in [-0.2, 0) is 4.79 Å². The maximum absolute atomic E-state index is 11.7. The number of aliphatic hydroxyl groups excluding tert-OH is 1. The average Bonchev–Trinajstić information content (AvgIpc) is 2.64. The van der Waals surface area contributed by atoms with Crippen LogP contribution in [0.2, 0.25) is 0 Å². The van der Waals surface area contributed by atoms with Crippen LogP contribution in [-0.4, -0.2) is 82.2 Å². The lowest BCUT2D eigenvalue weighted by molar-refractivity contribution is -0.150. The van der Waals surface area contributed by atoms with E-state index in [1.54, 1.807) is 6.92 Å². The number of fused-ring (bicyclic) bond motifs is 2. The van der Waals surface area contributed by atoms with E-state index in [0.717, 1.165) is 39.1 Å². The number of rotatable bonds is 1. The second kappa shape index (κ2) is 4.43. The van der Waals surface area contributed by atoms with E-state index in [1.807, 2.05) is 4.90 Å². The first-order valence-corrected chi connectivity index (χ1v) is 7.36. The molecule has 1 N–H and O–H groups in total. The lowest BCUT2D eigenvalue weighted by atomic mass is 9.83. The van der Waals surface area contributed by atoms with Crippen LogP contribution in [0.15, 0.2) is 0 Å². The first-order chi connectivity index (χ1) is 8.91. The van der Waals surface area contributed by atoms with Gasteiger partial charge >= 0.3 is 0 Å². The number of β-amino-alcohol motifs (C(OH)–C–C–N with tert-alkyl or cyclic N) is 1.